The molecule has 0 radical (unpaired) electrons. The maximum Gasteiger partial charge on any atom is 0.205 e. The van der Waals surface area contributed by atoms with Gasteiger partial charge in [-0.15, -0.1) is 0 Å². The van der Waals surface area contributed by atoms with Crippen LogP contribution in [0.1, 0.15) is 5.56 Å². The van der Waals surface area contributed by atoms with Gasteiger partial charge in [0.25, 0.3) is 0 Å². The maximum absolute atomic E-state index is 5.95. The van der Waals surface area contributed by atoms with E-state index in [2.05, 4.69) is 15.2 Å². The molecule has 120 valence electrons. The number of nitrogens with one attached hydrogen (secondary N) is 1. The number of rotatable bonds is 2. The highest BCUT2D eigenvalue weighted by Gasteiger charge is 2.16. The number of hydrogen-bond acceptors (Lipinski definition) is 3. The summed E-state index contributed by atoms with van der Waals surface area (Å²) in [4.78, 5) is 11.3. The average molecular weight is 331 g/mol. The fraction of sp³-hybridized carbons (Fsp3) is 0.294. The number of halogens is 1. The van der Waals surface area contributed by atoms with E-state index in [1.807, 2.05) is 43.3 Å². The maximum atomic E-state index is 5.95. The lowest BCUT2D eigenvalue weighted by Crippen LogP contribution is -2.44. The van der Waals surface area contributed by atoms with E-state index in [1.165, 1.54) is 0 Å². The van der Waals surface area contributed by atoms with Crippen molar-refractivity contribution < 1.29 is 4.74 Å². The van der Waals surface area contributed by atoms with Crippen LogP contribution in [0.25, 0.3) is 0 Å². The Kier molecular flexibility index (Phi) is 5.10. The van der Waals surface area contributed by atoms with Gasteiger partial charge in [-0.2, -0.15) is 4.99 Å². The summed E-state index contributed by atoms with van der Waals surface area (Å²) in [5, 5.41) is 4.08. The van der Waals surface area contributed by atoms with Crippen molar-refractivity contribution in [2.75, 3.05) is 31.6 Å². The van der Waals surface area contributed by atoms with Crippen LogP contribution in [0.3, 0.4) is 0 Å². The lowest BCUT2D eigenvalue weighted by molar-refractivity contribution is 0.0680. The summed E-state index contributed by atoms with van der Waals surface area (Å²) in [6.07, 6.45) is 1.76. The molecule has 1 aliphatic heterocycles. The van der Waals surface area contributed by atoms with Crippen molar-refractivity contribution in [3.63, 3.8) is 0 Å². The monoisotopic (exact) mass is 330 g/mol. The van der Waals surface area contributed by atoms with E-state index in [1.54, 1.807) is 6.20 Å². The summed E-state index contributed by atoms with van der Waals surface area (Å²) < 4.78 is 5.43. The number of benzene rings is 1. The van der Waals surface area contributed by atoms with E-state index in [9.17, 15) is 0 Å². The molecule has 0 spiro atoms. The van der Waals surface area contributed by atoms with Crippen molar-refractivity contribution in [2.45, 2.75) is 6.92 Å². The number of ether oxygens (including phenoxy) is 1. The molecule has 6 heteroatoms. The Hall–Kier alpha value is -2.11. The Morgan fingerprint density at radius 2 is 1.96 bits per heavy atom. The lowest BCUT2D eigenvalue weighted by atomic mass is 10.3. The smallest absolute Gasteiger partial charge is 0.205 e. The molecule has 0 unspecified atom stereocenters. The average Bonchev–Trinajstić information content (AvgIpc) is 2.59. The molecule has 0 amide bonds. The van der Waals surface area contributed by atoms with Gasteiger partial charge >= 0.3 is 0 Å². The van der Waals surface area contributed by atoms with Crippen LogP contribution in [0.4, 0.5) is 11.5 Å². The normalized spacial score (nSPS) is 15.6. The second-order valence-corrected chi connectivity index (χ2v) is 5.75. The summed E-state index contributed by atoms with van der Waals surface area (Å²) in [7, 11) is 0. The van der Waals surface area contributed by atoms with Crippen molar-refractivity contribution >= 4 is 29.1 Å². The Bertz CT molecular complexity index is 681. The van der Waals surface area contributed by atoms with Crippen molar-refractivity contribution in [1.82, 2.24) is 9.88 Å². The SMILES string of the molecule is Cc1cccnc1N=C(Nc1ccc(Cl)cc1)N1CCOCC1. The Labute approximate surface area is 141 Å². The van der Waals surface area contributed by atoms with E-state index in [-0.39, 0.29) is 0 Å². The second-order valence-electron chi connectivity index (χ2n) is 5.31. The molecule has 2 heterocycles. The highest BCUT2D eigenvalue weighted by Crippen LogP contribution is 2.18. The van der Waals surface area contributed by atoms with Gasteiger partial charge in [-0.1, -0.05) is 17.7 Å². The second kappa shape index (κ2) is 7.44. The van der Waals surface area contributed by atoms with Gasteiger partial charge in [0.05, 0.1) is 13.2 Å². The molecular formula is C17H19ClN4O. The number of aromatic nitrogens is 1. The zero-order chi connectivity index (χ0) is 16.1. The Morgan fingerprint density at radius 1 is 1.22 bits per heavy atom. The molecule has 1 N–H and O–H groups in total. The van der Waals surface area contributed by atoms with Crippen LogP contribution in [0.15, 0.2) is 47.6 Å². The van der Waals surface area contributed by atoms with E-state index < -0.39 is 0 Å². The third-order valence-electron chi connectivity index (χ3n) is 3.60. The minimum absolute atomic E-state index is 0.697. The summed E-state index contributed by atoms with van der Waals surface area (Å²) >= 11 is 5.95. The molecule has 0 saturated carbocycles. The molecule has 0 bridgehead atoms. The van der Waals surface area contributed by atoms with Gasteiger partial charge < -0.3 is 15.0 Å². The summed E-state index contributed by atoms with van der Waals surface area (Å²) in [5.41, 5.74) is 1.98. The third-order valence-corrected chi connectivity index (χ3v) is 3.86. The largest absolute Gasteiger partial charge is 0.378 e. The van der Waals surface area contributed by atoms with Crippen molar-refractivity contribution in [3.8, 4) is 0 Å². The van der Waals surface area contributed by atoms with Gasteiger partial charge in [-0.25, -0.2) is 4.98 Å². The number of aryl methyl sites for hydroxylation is 1. The first kappa shape index (κ1) is 15.8. The topological polar surface area (TPSA) is 49.8 Å². The molecule has 23 heavy (non-hydrogen) atoms. The van der Waals surface area contributed by atoms with Crippen LogP contribution in [0.2, 0.25) is 5.02 Å². The predicted octanol–water partition coefficient (Wildman–Crippen LogP) is 3.48. The van der Waals surface area contributed by atoms with E-state index in [0.717, 1.165) is 36.1 Å². The standard InChI is InChI=1S/C17H19ClN4O/c1-13-3-2-8-19-16(13)21-17(22-9-11-23-12-10-22)20-15-6-4-14(18)5-7-15/h2-8H,9-12H2,1H3,(H,19,20,21). The molecule has 0 atom stereocenters. The minimum Gasteiger partial charge on any atom is -0.378 e. The number of guanidine groups is 1. The number of nitrogens with zero attached hydrogens (tertiary/aromatic N) is 3. The van der Waals surface area contributed by atoms with Crippen LogP contribution >= 0.6 is 11.6 Å². The number of aliphatic imine (C=N–C) groups is 1. The van der Waals surface area contributed by atoms with Gasteiger partial charge in [-0.05, 0) is 42.8 Å². The molecule has 1 fully saturated rings. The zero-order valence-corrected chi connectivity index (χ0v) is 13.8. The summed E-state index contributed by atoms with van der Waals surface area (Å²) in [6.45, 7) is 4.99. The van der Waals surface area contributed by atoms with E-state index in [4.69, 9.17) is 21.3 Å². The fourth-order valence-electron chi connectivity index (χ4n) is 2.31. The molecule has 1 aromatic heterocycles. The van der Waals surface area contributed by atoms with Gasteiger partial charge in [0.2, 0.25) is 5.96 Å². The molecule has 1 aromatic carbocycles. The molecule has 0 aliphatic carbocycles. The molecule has 3 rings (SSSR count). The number of hydrogen-bond donors (Lipinski definition) is 1. The Balaban J connectivity index is 1.89. The number of morpholine rings is 1. The molecule has 5 nitrogen and oxygen atoms in total. The molecular weight excluding hydrogens is 312 g/mol. The van der Waals surface area contributed by atoms with Gasteiger partial charge in [0, 0.05) is 30.0 Å². The lowest BCUT2D eigenvalue weighted by Gasteiger charge is -2.30. The third kappa shape index (κ3) is 4.21. The molecule has 2 aromatic rings. The van der Waals surface area contributed by atoms with Crippen LogP contribution < -0.4 is 5.32 Å². The van der Waals surface area contributed by atoms with Crippen LogP contribution in [0.5, 0.6) is 0 Å². The molecule has 1 saturated heterocycles. The number of anilines is 1. The van der Waals surface area contributed by atoms with Crippen molar-refractivity contribution in [2.24, 2.45) is 4.99 Å². The van der Waals surface area contributed by atoms with Gasteiger partial charge in [0.15, 0.2) is 5.82 Å². The van der Waals surface area contributed by atoms with Crippen molar-refractivity contribution in [1.29, 1.82) is 0 Å². The van der Waals surface area contributed by atoms with E-state index in [0.29, 0.717) is 18.2 Å². The van der Waals surface area contributed by atoms with Gasteiger partial charge in [0.1, 0.15) is 0 Å². The fourth-order valence-corrected chi connectivity index (χ4v) is 2.44. The van der Waals surface area contributed by atoms with Crippen LogP contribution in [0, 0.1) is 6.92 Å². The van der Waals surface area contributed by atoms with Crippen LogP contribution in [-0.2, 0) is 4.74 Å². The first-order valence-electron chi connectivity index (χ1n) is 7.58. The molecule has 1 aliphatic rings. The number of pyridine rings is 1. The first-order valence-corrected chi connectivity index (χ1v) is 7.96. The zero-order valence-electron chi connectivity index (χ0n) is 13.0. The predicted molar refractivity (Wildman–Crippen MR) is 93.5 cm³/mol. The Morgan fingerprint density at radius 3 is 2.65 bits per heavy atom. The summed E-state index contributed by atoms with van der Waals surface area (Å²) in [5.74, 6) is 1.49. The highest BCUT2D eigenvalue weighted by molar-refractivity contribution is 6.30. The quantitative estimate of drug-likeness (QED) is 0.676. The van der Waals surface area contributed by atoms with Crippen molar-refractivity contribution in [3.05, 3.63) is 53.2 Å². The summed E-state index contributed by atoms with van der Waals surface area (Å²) in [6, 6.07) is 11.5. The van der Waals surface area contributed by atoms with Crippen LogP contribution in [-0.4, -0.2) is 42.1 Å². The minimum atomic E-state index is 0.697. The van der Waals surface area contributed by atoms with Gasteiger partial charge in [-0.3, -0.25) is 0 Å². The highest BCUT2D eigenvalue weighted by atomic mass is 35.5. The van der Waals surface area contributed by atoms with E-state index >= 15 is 0 Å². The first-order chi connectivity index (χ1) is 11.2.